The molecule has 1 atom stereocenters. The minimum Gasteiger partial charge on any atom is -0.352 e. The van der Waals surface area contributed by atoms with Crippen LogP contribution < -0.4 is 9.62 Å². The van der Waals surface area contributed by atoms with Crippen LogP contribution in [0, 0.1) is 19.7 Å². The second kappa shape index (κ2) is 12.6. The molecule has 0 heterocycles. The van der Waals surface area contributed by atoms with E-state index >= 15 is 0 Å². The zero-order valence-corrected chi connectivity index (χ0v) is 24.0. The molecule has 3 aromatic rings. The summed E-state index contributed by atoms with van der Waals surface area (Å²) in [6, 6.07) is 18.2. The van der Waals surface area contributed by atoms with Crippen molar-refractivity contribution in [2.45, 2.75) is 70.0 Å². The summed E-state index contributed by atoms with van der Waals surface area (Å²) in [6.07, 6.45) is 3.86. The Kier molecular flexibility index (Phi) is 9.25. The highest BCUT2D eigenvalue weighted by Gasteiger charge is 2.33. The van der Waals surface area contributed by atoms with Gasteiger partial charge < -0.3 is 10.2 Å². The van der Waals surface area contributed by atoms with Gasteiger partial charge in [0.25, 0.3) is 10.0 Å². The first-order chi connectivity index (χ1) is 19.0. The Morgan fingerprint density at radius 2 is 1.55 bits per heavy atom. The standard InChI is InChI=1S/C31H36FN3O4S/c1-22-17-23(2)19-28(18-22)35(40(38,39)29-11-5-4-6-12-29)21-30(36)34(20-25-13-15-26(32)16-14-25)24(3)31(37)33-27-9-7-8-10-27/h4-6,11-19,24,27H,7-10,20-21H2,1-3H3,(H,33,37). The molecule has 1 fully saturated rings. The summed E-state index contributed by atoms with van der Waals surface area (Å²) >= 11 is 0. The van der Waals surface area contributed by atoms with Gasteiger partial charge >= 0.3 is 0 Å². The number of hydrogen-bond donors (Lipinski definition) is 1. The van der Waals surface area contributed by atoms with Gasteiger partial charge in [-0.2, -0.15) is 0 Å². The summed E-state index contributed by atoms with van der Waals surface area (Å²) in [6.45, 7) is 4.87. The molecule has 9 heteroatoms. The minimum atomic E-state index is -4.12. The number of amides is 2. The van der Waals surface area contributed by atoms with E-state index in [1.807, 2.05) is 19.9 Å². The summed E-state index contributed by atoms with van der Waals surface area (Å²) in [5.41, 5.74) is 2.69. The Labute approximate surface area is 236 Å². The molecule has 1 aliphatic rings. The molecule has 7 nitrogen and oxygen atoms in total. The third-order valence-corrected chi connectivity index (χ3v) is 9.03. The van der Waals surface area contributed by atoms with Crippen molar-refractivity contribution in [1.82, 2.24) is 10.2 Å². The van der Waals surface area contributed by atoms with E-state index in [-0.39, 0.29) is 23.4 Å². The molecular weight excluding hydrogens is 529 g/mol. The minimum absolute atomic E-state index is 0.0183. The van der Waals surface area contributed by atoms with Crippen molar-refractivity contribution in [3.63, 3.8) is 0 Å². The van der Waals surface area contributed by atoms with Crippen molar-refractivity contribution in [3.8, 4) is 0 Å². The van der Waals surface area contributed by atoms with Crippen molar-refractivity contribution in [2.75, 3.05) is 10.8 Å². The molecule has 0 bridgehead atoms. The van der Waals surface area contributed by atoms with Crippen LogP contribution in [0.2, 0.25) is 0 Å². The molecular formula is C31H36FN3O4S. The highest BCUT2D eigenvalue weighted by Crippen LogP contribution is 2.27. The summed E-state index contributed by atoms with van der Waals surface area (Å²) in [5.74, 6) is -1.26. The van der Waals surface area contributed by atoms with Gasteiger partial charge in [-0.05, 0) is 86.7 Å². The van der Waals surface area contributed by atoms with Gasteiger partial charge in [-0.1, -0.05) is 49.2 Å². The molecule has 0 radical (unpaired) electrons. The topological polar surface area (TPSA) is 86.8 Å². The Morgan fingerprint density at radius 1 is 0.950 bits per heavy atom. The Balaban J connectivity index is 1.69. The van der Waals surface area contributed by atoms with Crippen molar-refractivity contribution in [2.24, 2.45) is 0 Å². The summed E-state index contributed by atoms with van der Waals surface area (Å²) < 4.78 is 42.5. The number of benzene rings is 3. The first kappa shape index (κ1) is 29.3. The lowest BCUT2D eigenvalue weighted by Gasteiger charge is -2.32. The maximum absolute atomic E-state index is 14.0. The van der Waals surface area contributed by atoms with Crippen LogP contribution in [0.3, 0.4) is 0 Å². The number of halogens is 1. The van der Waals surface area contributed by atoms with Crippen LogP contribution in [0.15, 0.2) is 77.7 Å². The van der Waals surface area contributed by atoms with Crippen molar-refractivity contribution >= 4 is 27.5 Å². The van der Waals surface area contributed by atoms with Crippen LogP contribution in [0.25, 0.3) is 0 Å². The molecule has 2 amide bonds. The van der Waals surface area contributed by atoms with E-state index in [1.54, 1.807) is 49.4 Å². The van der Waals surface area contributed by atoms with E-state index in [9.17, 15) is 22.4 Å². The third-order valence-electron chi connectivity index (χ3n) is 7.24. The lowest BCUT2D eigenvalue weighted by molar-refractivity contribution is -0.139. The van der Waals surface area contributed by atoms with E-state index in [2.05, 4.69) is 5.32 Å². The van der Waals surface area contributed by atoms with Crippen molar-refractivity contribution in [3.05, 3.63) is 95.3 Å². The Morgan fingerprint density at radius 3 is 2.15 bits per heavy atom. The molecule has 1 unspecified atom stereocenters. The predicted octanol–water partition coefficient (Wildman–Crippen LogP) is 5.11. The van der Waals surface area contributed by atoms with Crippen LogP contribution in [-0.4, -0.2) is 43.8 Å². The number of sulfonamides is 1. The second-order valence-corrected chi connectivity index (χ2v) is 12.3. The Hall–Kier alpha value is -3.72. The van der Waals surface area contributed by atoms with E-state index < -0.39 is 34.3 Å². The van der Waals surface area contributed by atoms with Crippen LogP contribution >= 0.6 is 0 Å². The van der Waals surface area contributed by atoms with Gasteiger partial charge in [-0.3, -0.25) is 13.9 Å². The fourth-order valence-corrected chi connectivity index (χ4v) is 6.52. The Bertz CT molecular complexity index is 1420. The second-order valence-electron chi connectivity index (χ2n) is 10.5. The molecule has 1 saturated carbocycles. The van der Waals surface area contributed by atoms with E-state index in [4.69, 9.17) is 0 Å². The van der Waals surface area contributed by atoms with Crippen LogP contribution in [0.4, 0.5) is 10.1 Å². The summed E-state index contributed by atoms with van der Waals surface area (Å²) in [7, 11) is -4.12. The van der Waals surface area contributed by atoms with Gasteiger partial charge in [-0.25, -0.2) is 12.8 Å². The number of carbonyl (C=O) groups excluding carboxylic acids is 2. The van der Waals surface area contributed by atoms with E-state index in [1.165, 1.54) is 29.2 Å². The number of carbonyl (C=O) groups is 2. The quantitative estimate of drug-likeness (QED) is 0.370. The predicted molar refractivity (Wildman–Crippen MR) is 154 cm³/mol. The molecule has 212 valence electrons. The fourth-order valence-electron chi connectivity index (χ4n) is 5.10. The molecule has 1 N–H and O–H groups in total. The van der Waals surface area contributed by atoms with Crippen molar-refractivity contribution in [1.29, 1.82) is 0 Å². The van der Waals surface area contributed by atoms with Gasteiger partial charge in [0.15, 0.2) is 0 Å². The number of aryl methyl sites for hydroxylation is 2. The number of rotatable bonds is 10. The normalized spacial score (nSPS) is 14.5. The molecule has 4 rings (SSSR count). The summed E-state index contributed by atoms with van der Waals surface area (Å²) in [5, 5.41) is 3.04. The lowest BCUT2D eigenvalue weighted by atomic mass is 10.1. The SMILES string of the molecule is Cc1cc(C)cc(N(CC(=O)N(Cc2ccc(F)cc2)C(C)C(=O)NC2CCCC2)S(=O)(=O)c2ccccc2)c1. The van der Waals surface area contributed by atoms with Crippen LogP contribution in [0.1, 0.15) is 49.3 Å². The highest BCUT2D eigenvalue weighted by molar-refractivity contribution is 7.92. The number of anilines is 1. The molecule has 3 aromatic carbocycles. The monoisotopic (exact) mass is 565 g/mol. The average molecular weight is 566 g/mol. The molecule has 0 saturated heterocycles. The largest absolute Gasteiger partial charge is 0.352 e. The van der Waals surface area contributed by atoms with Gasteiger partial charge in [0, 0.05) is 12.6 Å². The average Bonchev–Trinajstić information content (AvgIpc) is 3.43. The van der Waals surface area contributed by atoms with E-state index in [0.717, 1.165) is 41.1 Å². The molecule has 1 aliphatic carbocycles. The molecule has 0 spiro atoms. The third kappa shape index (κ3) is 7.07. The van der Waals surface area contributed by atoms with Crippen molar-refractivity contribution < 1.29 is 22.4 Å². The summed E-state index contributed by atoms with van der Waals surface area (Å²) in [4.78, 5) is 28.7. The highest BCUT2D eigenvalue weighted by atomic mass is 32.2. The van der Waals surface area contributed by atoms with Gasteiger partial charge in [0.2, 0.25) is 11.8 Å². The number of nitrogens with one attached hydrogen (secondary N) is 1. The first-order valence-electron chi connectivity index (χ1n) is 13.5. The smallest absolute Gasteiger partial charge is 0.264 e. The molecule has 0 aromatic heterocycles. The van der Waals surface area contributed by atoms with Gasteiger partial charge in [0.05, 0.1) is 10.6 Å². The molecule has 40 heavy (non-hydrogen) atoms. The van der Waals surface area contributed by atoms with E-state index in [0.29, 0.717) is 11.3 Å². The van der Waals surface area contributed by atoms with Gasteiger partial charge in [0.1, 0.15) is 18.4 Å². The maximum Gasteiger partial charge on any atom is 0.264 e. The molecule has 0 aliphatic heterocycles. The zero-order valence-electron chi connectivity index (χ0n) is 23.1. The first-order valence-corrected chi connectivity index (χ1v) is 15.0. The number of hydrogen-bond acceptors (Lipinski definition) is 4. The zero-order chi connectivity index (χ0) is 28.9. The van der Waals surface area contributed by atoms with Gasteiger partial charge in [-0.15, -0.1) is 0 Å². The fraction of sp³-hybridized carbons (Fsp3) is 0.355. The number of nitrogens with zero attached hydrogens (tertiary/aromatic N) is 2. The maximum atomic E-state index is 14.0. The van der Waals surface area contributed by atoms with Crippen LogP contribution in [-0.2, 0) is 26.2 Å². The van der Waals surface area contributed by atoms with Crippen LogP contribution in [0.5, 0.6) is 0 Å². The lowest BCUT2D eigenvalue weighted by Crippen LogP contribution is -2.52.